The standard InChI is InChI=1S/C11H16O3/c1-6(2)5-7-8-3-4-9(14-8)10(7)11(12)13/h3-4,6-10H,5H2,1-2H3,(H,12,13). The molecule has 3 nitrogen and oxygen atoms in total. The molecule has 4 atom stereocenters. The second kappa shape index (κ2) is 3.39. The highest BCUT2D eigenvalue weighted by Gasteiger charge is 2.49. The summed E-state index contributed by atoms with van der Waals surface area (Å²) < 4.78 is 5.57. The molecule has 2 rings (SSSR count). The molecule has 0 saturated carbocycles. The van der Waals surface area contributed by atoms with Gasteiger partial charge in [0, 0.05) is 5.92 Å². The molecule has 4 unspecified atom stereocenters. The van der Waals surface area contributed by atoms with Crippen LogP contribution in [0.5, 0.6) is 0 Å². The van der Waals surface area contributed by atoms with E-state index in [4.69, 9.17) is 9.84 Å². The van der Waals surface area contributed by atoms with Crippen LogP contribution in [0.2, 0.25) is 0 Å². The SMILES string of the molecule is CC(C)CC1C2C=CC(O2)C1C(=O)O. The molecule has 1 fully saturated rings. The summed E-state index contributed by atoms with van der Waals surface area (Å²) >= 11 is 0. The topological polar surface area (TPSA) is 46.5 Å². The van der Waals surface area contributed by atoms with Gasteiger partial charge in [-0.05, 0) is 12.3 Å². The van der Waals surface area contributed by atoms with Gasteiger partial charge in [0.2, 0.25) is 0 Å². The Balaban J connectivity index is 2.14. The molecule has 0 radical (unpaired) electrons. The minimum absolute atomic E-state index is 0.0449. The average molecular weight is 196 g/mol. The minimum Gasteiger partial charge on any atom is -0.481 e. The maximum atomic E-state index is 11.1. The molecule has 2 bridgehead atoms. The molecule has 0 aromatic heterocycles. The van der Waals surface area contributed by atoms with Crippen molar-refractivity contribution in [3.05, 3.63) is 12.2 Å². The van der Waals surface area contributed by atoms with Gasteiger partial charge in [-0.15, -0.1) is 0 Å². The third kappa shape index (κ3) is 1.46. The Bertz CT molecular complexity index is 270. The maximum absolute atomic E-state index is 11.1. The molecular weight excluding hydrogens is 180 g/mol. The van der Waals surface area contributed by atoms with Gasteiger partial charge in [-0.2, -0.15) is 0 Å². The summed E-state index contributed by atoms with van der Waals surface area (Å²) in [4.78, 5) is 11.1. The van der Waals surface area contributed by atoms with Crippen LogP contribution >= 0.6 is 0 Å². The fraction of sp³-hybridized carbons (Fsp3) is 0.727. The van der Waals surface area contributed by atoms with Crippen molar-refractivity contribution in [1.29, 1.82) is 0 Å². The number of hydrogen-bond donors (Lipinski definition) is 1. The Kier molecular flexibility index (Phi) is 2.35. The van der Waals surface area contributed by atoms with Crippen LogP contribution in [0.4, 0.5) is 0 Å². The maximum Gasteiger partial charge on any atom is 0.309 e. The average Bonchev–Trinajstić information content (AvgIpc) is 2.61. The highest BCUT2D eigenvalue weighted by atomic mass is 16.5. The zero-order valence-electron chi connectivity index (χ0n) is 8.51. The minimum atomic E-state index is -0.715. The molecule has 78 valence electrons. The van der Waals surface area contributed by atoms with Crippen molar-refractivity contribution in [3.63, 3.8) is 0 Å². The Labute approximate surface area is 83.8 Å². The summed E-state index contributed by atoms with van der Waals surface area (Å²) in [6.45, 7) is 4.24. The normalized spacial score (nSPS) is 39.6. The highest BCUT2D eigenvalue weighted by Crippen LogP contribution is 2.42. The van der Waals surface area contributed by atoms with Gasteiger partial charge < -0.3 is 9.84 Å². The molecule has 0 aliphatic carbocycles. The molecule has 2 heterocycles. The number of rotatable bonds is 3. The molecule has 0 amide bonds. The number of carboxylic acid groups (broad SMARTS) is 1. The largest absolute Gasteiger partial charge is 0.481 e. The van der Waals surface area contributed by atoms with Gasteiger partial charge in [-0.25, -0.2) is 0 Å². The van der Waals surface area contributed by atoms with E-state index in [0.29, 0.717) is 5.92 Å². The van der Waals surface area contributed by atoms with Gasteiger partial charge >= 0.3 is 5.97 Å². The van der Waals surface area contributed by atoms with Gasteiger partial charge in [0.15, 0.2) is 0 Å². The van der Waals surface area contributed by atoms with E-state index in [1.807, 2.05) is 12.2 Å². The first-order valence-electron chi connectivity index (χ1n) is 5.16. The summed E-state index contributed by atoms with van der Waals surface area (Å²) in [6, 6.07) is 0. The van der Waals surface area contributed by atoms with Gasteiger partial charge in [-0.3, -0.25) is 4.79 Å². The van der Waals surface area contributed by atoms with E-state index in [1.54, 1.807) is 0 Å². The van der Waals surface area contributed by atoms with E-state index < -0.39 is 5.97 Å². The Morgan fingerprint density at radius 3 is 2.64 bits per heavy atom. The van der Waals surface area contributed by atoms with E-state index >= 15 is 0 Å². The molecule has 0 aromatic carbocycles. The zero-order valence-corrected chi connectivity index (χ0v) is 8.51. The van der Waals surface area contributed by atoms with Crippen LogP contribution in [0.3, 0.4) is 0 Å². The van der Waals surface area contributed by atoms with Crippen molar-refractivity contribution in [1.82, 2.24) is 0 Å². The van der Waals surface area contributed by atoms with Crippen molar-refractivity contribution >= 4 is 5.97 Å². The summed E-state index contributed by atoms with van der Waals surface area (Å²) in [5, 5.41) is 9.10. The monoisotopic (exact) mass is 196 g/mol. The van der Waals surface area contributed by atoms with Crippen LogP contribution in [0.1, 0.15) is 20.3 Å². The molecule has 0 aromatic rings. The van der Waals surface area contributed by atoms with Crippen molar-refractivity contribution in [3.8, 4) is 0 Å². The highest BCUT2D eigenvalue weighted by molar-refractivity contribution is 5.72. The number of carboxylic acids is 1. The second-order valence-corrected chi connectivity index (χ2v) is 4.61. The first-order chi connectivity index (χ1) is 6.59. The van der Waals surface area contributed by atoms with Crippen LogP contribution in [-0.2, 0) is 9.53 Å². The lowest BCUT2D eigenvalue weighted by Gasteiger charge is -2.23. The van der Waals surface area contributed by atoms with Crippen LogP contribution in [0.25, 0.3) is 0 Å². The van der Waals surface area contributed by atoms with Crippen LogP contribution in [0.15, 0.2) is 12.2 Å². The van der Waals surface area contributed by atoms with Crippen LogP contribution < -0.4 is 0 Å². The van der Waals surface area contributed by atoms with Crippen LogP contribution in [0, 0.1) is 17.8 Å². The van der Waals surface area contributed by atoms with Gasteiger partial charge in [-0.1, -0.05) is 26.0 Å². The molecule has 2 aliphatic rings. The number of ether oxygens (including phenoxy) is 1. The van der Waals surface area contributed by atoms with Crippen molar-refractivity contribution in [2.75, 3.05) is 0 Å². The van der Waals surface area contributed by atoms with E-state index in [2.05, 4.69) is 13.8 Å². The molecule has 3 heteroatoms. The predicted octanol–water partition coefficient (Wildman–Crippen LogP) is 1.69. The van der Waals surface area contributed by atoms with E-state index in [9.17, 15) is 4.79 Å². The van der Waals surface area contributed by atoms with Gasteiger partial charge in [0.25, 0.3) is 0 Å². The van der Waals surface area contributed by atoms with E-state index in [0.717, 1.165) is 6.42 Å². The Morgan fingerprint density at radius 2 is 2.07 bits per heavy atom. The first-order valence-corrected chi connectivity index (χ1v) is 5.16. The van der Waals surface area contributed by atoms with Crippen molar-refractivity contribution in [2.45, 2.75) is 32.5 Å². The molecule has 1 saturated heterocycles. The number of carbonyl (C=O) groups is 1. The van der Waals surface area contributed by atoms with Gasteiger partial charge in [0.05, 0.1) is 18.1 Å². The quantitative estimate of drug-likeness (QED) is 0.699. The third-order valence-corrected chi connectivity index (χ3v) is 3.07. The third-order valence-electron chi connectivity index (χ3n) is 3.07. The smallest absolute Gasteiger partial charge is 0.309 e. The number of fused-ring (bicyclic) bond motifs is 2. The van der Waals surface area contributed by atoms with Crippen molar-refractivity contribution < 1.29 is 14.6 Å². The number of aliphatic carboxylic acids is 1. The second-order valence-electron chi connectivity index (χ2n) is 4.61. The molecule has 1 N–H and O–H groups in total. The lowest BCUT2D eigenvalue weighted by molar-refractivity contribution is -0.144. The summed E-state index contributed by atoms with van der Waals surface area (Å²) in [5.41, 5.74) is 0. The fourth-order valence-corrected chi connectivity index (χ4v) is 2.54. The lowest BCUT2D eigenvalue weighted by atomic mass is 9.78. The fourth-order valence-electron chi connectivity index (χ4n) is 2.54. The van der Waals surface area contributed by atoms with Crippen LogP contribution in [-0.4, -0.2) is 23.3 Å². The van der Waals surface area contributed by atoms with E-state index in [1.165, 1.54) is 0 Å². The summed E-state index contributed by atoms with van der Waals surface area (Å²) in [6.07, 6.45) is 4.70. The summed E-state index contributed by atoms with van der Waals surface area (Å²) in [7, 11) is 0. The lowest BCUT2D eigenvalue weighted by Crippen LogP contribution is -2.31. The molecule has 0 spiro atoms. The molecule has 14 heavy (non-hydrogen) atoms. The van der Waals surface area contributed by atoms with E-state index in [-0.39, 0.29) is 24.0 Å². The zero-order chi connectivity index (χ0) is 10.3. The predicted molar refractivity (Wildman–Crippen MR) is 51.9 cm³/mol. The molecular formula is C11H16O3. The molecule has 2 aliphatic heterocycles. The van der Waals surface area contributed by atoms with Gasteiger partial charge in [0.1, 0.15) is 0 Å². The van der Waals surface area contributed by atoms with Crippen molar-refractivity contribution in [2.24, 2.45) is 17.8 Å². The Hall–Kier alpha value is -0.830. The summed E-state index contributed by atoms with van der Waals surface area (Å²) in [5.74, 6) is -0.347. The number of hydrogen-bond acceptors (Lipinski definition) is 2. The first kappa shape index (κ1) is 9.71. The Morgan fingerprint density at radius 1 is 1.43 bits per heavy atom.